The normalized spacial score (nSPS) is 10.8. The van der Waals surface area contributed by atoms with E-state index in [2.05, 4.69) is 36.5 Å². The number of nitrogens with zero attached hydrogens (tertiary/aromatic N) is 3. The van der Waals surface area contributed by atoms with Crippen LogP contribution in [0.2, 0.25) is 0 Å². The van der Waals surface area contributed by atoms with Gasteiger partial charge in [0.1, 0.15) is 18.0 Å². The monoisotopic (exact) mass is 449 g/mol. The van der Waals surface area contributed by atoms with Crippen LogP contribution in [0.1, 0.15) is 6.42 Å². The van der Waals surface area contributed by atoms with Gasteiger partial charge in [-0.3, -0.25) is 10.1 Å². The van der Waals surface area contributed by atoms with Crippen molar-refractivity contribution in [3.63, 3.8) is 0 Å². The Morgan fingerprint density at radius 2 is 2.11 bits per heavy atom. The maximum absolute atomic E-state index is 14.1. The lowest BCUT2D eigenvalue weighted by molar-refractivity contribution is -0.385. The first-order valence-electron chi connectivity index (χ1n) is 8.42. The van der Waals surface area contributed by atoms with E-state index in [-0.39, 0.29) is 22.9 Å². The molecule has 0 saturated carbocycles. The van der Waals surface area contributed by atoms with Crippen LogP contribution < -0.4 is 15.4 Å². The van der Waals surface area contributed by atoms with Crippen molar-refractivity contribution in [1.82, 2.24) is 15.3 Å². The molecule has 28 heavy (non-hydrogen) atoms. The molecule has 0 aliphatic rings. The molecule has 0 unspecified atom stereocenters. The summed E-state index contributed by atoms with van der Waals surface area (Å²) in [5, 5.41) is 17.7. The highest BCUT2D eigenvalue weighted by Crippen LogP contribution is 2.35. The van der Waals surface area contributed by atoms with E-state index in [0.717, 1.165) is 6.54 Å². The molecule has 0 radical (unpaired) electrons. The van der Waals surface area contributed by atoms with Gasteiger partial charge in [-0.05, 0) is 38.2 Å². The molecule has 0 aliphatic heterocycles. The van der Waals surface area contributed by atoms with Crippen LogP contribution in [0.25, 0.3) is 10.9 Å². The third kappa shape index (κ3) is 4.52. The zero-order chi connectivity index (χ0) is 20.1. The molecular weight excluding hydrogens is 433 g/mol. The summed E-state index contributed by atoms with van der Waals surface area (Å²) in [6.45, 7) is 1.06. The molecule has 0 amide bonds. The van der Waals surface area contributed by atoms with E-state index in [0.29, 0.717) is 28.4 Å². The van der Waals surface area contributed by atoms with Gasteiger partial charge in [0.05, 0.1) is 28.1 Å². The third-order valence-corrected chi connectivity index (χ3v) is 4.42. The number of benzene rings is 2. The van der Waals surface area contributed by atoms with Gasteiger partial charge < -0.3 is 15.4 Å². The Labute approximate surface area is 168 Å². The van der Waals surface area contributed by atoms with E-state index < -0.39 is 10.7 Å². The molecule has 0 atom stereocenters. The molecule has 0 spiro atoms. The predicted octanol–water partition coefficient (Wildman–Crippen LogP) is 4.17. The third-order valence-electron chi connectivity index (χ3n) is 3.93. The highest BCUT2D eigenvalue weighted by atomic mass is 79.9. The van der Waals surface area contributed by atoms with Gasteiger partial charge in [0.15, 0.2) is 5.75 Å². The van der Waals surface area contributed by atoms with Crippen LogP contribution in [0.3, 0.4) is 0 Å². The number of ether oxygens (including phenoxy) is 1. The summed E-state index contributed by atoms with van der Waals surface area (Å²) in [6, 6.07) is 7.36. The van der Waals surface area contributed by atoms with Crippen molar-refractivity contribution in [2.45, 2.75) is 6.42 Å². The Morgan fingerprint density at radius 3 is 2.82 bits per heavy atom. The van der Waals surface area contributed by atoms with Crippen LogP contribution in [-0.4, -0.2) is 35.1 Å². The summed E-state index contributed by atoms with van der Waals surface area (Å²) in [5.41, 5.74) is 0.438. The molecule has 146 valence electrons. The number of rotatable bonds is 8. The van der Waals surface area contributed by atoms with Gasteiger partial charge in [-0.25, -0.2) is 14.4 Å². The van der Waals surface area contributed by atoms with Crippen molar-refractivity contribution in [2.75, 3.05) is 25.5 Å². The standard InChI is InChI=1S/C18H17BrFN5O3/c1-21-5-2-6-28-17-9-15-12(8-16(17)25(26)27)18(23-10-22-15)24-14-4-3-11(19)7-13(14)20/h3-4,7-10,21H,2,5-6H2,1H3,(H,22,23,24). The van der Waals surface area contributed by atoms with Crippen molar-refractivity contribution >= 4 is 44.0 Å². The topological polar surface area (TPSA) is 102 Å². The maximum atomic E-state index is 14.1. The molecule has 3 aromatic rings. The number of nitro benzene ring substituents is 1. The van der Waals surface area contributed by atoms with Crippen molar-refractivity contribution in [1.29, 1.82) is 0 Å². The summed E-state index contributed by atoms with van der Waals surface area (Å²) in [5.74, 6) is -0.0933. The summed E-state index contributed by atoms with van der Waals surface area (Å²) in [7, 11) is 1.82. The highest BCUT2D eigenvalue weighted by Gasteiger charge is 2.19. The van der Waals surface area contributed by atoms with E-state index in [9.17, 15) is 14.5 Å². The molecule has 0 fully saturated rings. The molecule has 2 N–H and O–H groups in total. The largest absolute Gasteiger partial charge is 0.487 e. The van der Waals surface area contributed by atoms with Gasteiger partial charge in [0, 0.05) is 16.6 Å². The fourth-order valence-electron chi connectivity index (χ4n) is 2.58. The van der Waals surface area contributed by atoms with Gasteiger partial charge in [0.25, 0.3) is 0 Å². The van der Waals surface area contributed by atoms with Crippen molar-refractivity contribution in [3.8, 4) is 5.75 Å². The summed E-state index contributed by atoms with van der Waals surface area (Å²) < 4.78 is 20.3. The molecule has 8 nitrogen and oxygen atoms in total. The summed E-state index contributed by atoms with van der Waals surface area (Å²) in [6.07, 6.45) is 2.00. The second kappa shape index (κ2) is 8.89. The Morgan fingerprint density at radius 1 is 1.29 bits per heavy atom. The number of hydrogen-bond donors (Lipinski definition) is 2. The lowest BCUT2D eigenvalue weighted by Crippen LogP contribution is -2.12. The van der Waals surface area contributed by atoms with Gasteiger partial charge in [-0.1, -0.05) is 15.9 Å². The molecule has 2 aromatic carbocycles. The molecule has 3 rings (SSSR count). The number of nitro groups is 1. The fraction of sp³-hybridized carbons (Fsp3) is 0.222. The molecule has 10 heteroatoms. The number of aromatic nitrogens is 2. The van der Waals surface area contributed by atoms with Crippen LogP contribution in [0.5, 0.6) is 5.75 Å². The number of nitrogens with one attached hydrogen (secondary N) is 2. The van der Waals surface area contributed by atoms with E-state index in [1.54, 1.807) is 12.1 Å². The van der Waals surface area contributed by atoms with Crippen molar-refractivity contribution in [2.24, 2.45) is 0 Å². The average Bonchev–Trinajstić information content (AvgIpc) is 2.67. The number of fused-ring (bicyclic) bond motifs is 1. The Kier molecular flexibility index (Phi) is 6.32. The van der Waals surface area contributed by atoms with Crippen LogP contribution in [0, 0.1) is 15.9 Å². The number of halogens is 2. The van der Waals surface area contributed by atoms with Gasteiger partial charge >= 0.3 is 5.69 Å². The van der Waals surface area contributed by atoms with Gasteiger partial charge in [-0.2, -0.15) is 0 Å². The Bertz CT molecular complexity index is 1020. The van der Waals surface area contributed by atoms with Crippen LogP contribution in [-0.2, 0) is 0 Å². The average molecular weight is 450 g/mol. The molecule has 1 aromatic heterocycles. The number of anilines is 2. The zero-order valence-corrected chi connectivity index (χ0v) is 16.5. The Hall–Kier alpha value is -2.85. The second-order valence-corrected chi connectivity index (χ2v) is 6.79. The second-order valence-electron chi connectivity index (χ2n) is 5.87. The minimum atomic E-state index is -0.524. The quantitative estimate of drug-likeness (QED) is 0.302. The van der Waals surface area contributed by atoms with E-state index >= 15 is 0 Å². The van der Waals surface area contributed by atoms with Crippen LogP contribution in [0.4, 0.5) is 21.6 Å². The van der Waals surface area contributed by atoms with Gasteiger partial charge in [0.2, 0.25) is 0 Å². The van der Waals surface area contributed by atoms with E-state index in [1.807, 2.05) is 7.05 Å². The Balaban J connectivity index is 1.98. The maximum Gasteiger partial charge on any atom is 0.311 e. The summed E-state index contributed by atoms with van der Waals surface area (Å²) >= 11 is 3.20. The first-order valence-corrected chi connectivity index (χ1v) is 9.21. The highest BCUT2D eigenvalue weighted by molar-refractivity contribution is 9.10. The fourth-order valence-corrected chi connectivity index (χ4v) is 2.91. The lowest BCUT2D eigenvalue weighted by atomic mass is 10.2. The van der Waals surface area contributed by atoms with Gasteiger partial charge in [-0.15, -0.1) is 0 Å². The predicted molar refractivity (Wildman–Crippen MR) is 108 cm³/mol. The minimum absolute atomic E-state index is 0.132. The minimum Gasteiger partial charge on any atom is -0.487 e. The zero-order valence-electron chi connectivity index (χ0n) is 14.9. The summed E-state index contributed by atoms with van der Waals surface area (Å²) in [4.78, 5) is 19.2. The molecular formula is C18H17BrFN5O3. The molecule has 1 heterocycles. The lowest BCUT2D eigenvalue weighted by Gasteiger charge is -2.11. The molecule has 0 saturated heterocycles. The first kappa shape index (κ1) is 19.9. The first-order chi connectivity index (χ1) is 13.5. The molecule has 0 bridgehead atoms. The van der Waals surface area contributed by atoms with Crippen molar-refractivity contribution in [3.05, 3.63) is 57.1 Å². The number of hydrogen-bond acceptors (Lipinski definition) is 7. The van der Waals surface area contributed by atoms with Crippen LogP contribution >= 0.6 is 15.9 Å². The van der Waals surface area contributed by atoms with Crippen LogP contribution in [0.15, 0.2) is 41.1 Å². The SMILES string of the molecule is CNCCCOc1cc2ncnc(Nc3ccc(Br)cc3F)c2cc1[N+](=O)[O-]. The molecule has 0 aliphatic carbocycles. The van der Waals surface area contributed by atoms with Crippen molar-refractivity contribution < 1.29 is 14.1 Å². The van der Waals surface area contributed by atoms with E-state index in [1.165, 1.54) is 24.5 Å². The smallest absolute Gasteiger partial charge is 0.311 e. The van der Waals surface area contributed by atoms with E-state index in [4.69, 9.17) is 4.74 Å².